The lowest BCUT2D eigenvalue weighted by Gasteiger charge is -2.18. The second-order valence-corrected chi connectivity index (χ2v) is 5.76. The second-order valence-electron chi connectivity index (χ2n) is 5.76. The third kappa shape index (κ3) is 2.37. The fourth-order valence-electron chi connectivity index (χ4n) is 3.02. The van der Waals surface area contributed by atoms with Crippen LogP contribution in [0.25, 0.3) is 27.8 Å². The van der Waals surface area contributed by atoms with E-state index in [0.29, 0.717) is 0 Å². The molecule has 0 nitrogen and oxygen atoms in total. The molecule has 0 aromatic heterocycles. The van der Waals surface area contributed by atoms with Crippen LogP contribution in [-0.2, 0) is 0 Å². The van der Waals surface area contributed by atoms with Crippen molar-refractivity contribution in [1.29, 1.82) is 0 Å². The van der Waals surface area contributed by atoms with E-state index in [1.165, 1.54) is 46.2 Å². The lowest BCUT2D eigenvalue weighted by molar-refractivity contribution is 0.988. The van der Waals surface area contributed by atoms with E-state index in [9.17, 15) is 0 Å². The van der Waals surface area contributed by atoms with Gasteiger partial charge in [0.25, 0.3) is 0 Å². The Hall–Kier alpha value is -2.60. The van der Waals surface area contributed by atoms with E-state index in [0.717, 1.165) is 0 Å². The van der Waals surface area contributed by atoms with Gasteiger partial charge in [-0.2, -0.15) is 0 Å². The first-order valence-electron chi connectivity index (χ1n) is 7.86. The van der Waals surface area contributed by atoms with Crippen molar-refractivity contribution in [2.75, 3.05) is 0 Å². The summed E-state index contributed by atoms with van der Waals surface area (Å²) in [4.78, 5) is 0. The Kier molecular flexibility index (Phi) is 3.36. The molecule has 0 saturated carbocycles. The molecule has 1 aliphatic carbocycles. The number of hydrogen-bond acceptors (Lipinski definition) is 0. The lowest BCUT2D eigenvalue weighted by Crippen LogP contribution is -1.95. The highest BCUT2D eigenvalue weighted by atomic mass is 14.2. The second kappa shape index (κ2) is 5.65. The minimum Gasteiger partial charge on any atom is -0.0804 e. The maximum Gasteiger partial charge on any atom is -0.00994 e. The molecule has 106 valence electrons. The molecule has 0 heteroatoms. The predicted molar refractivity (Wildman–Crippen MR) is 94.5 cm³/mol. The molecule has 0 amide bonds. The van der Waals surface area contributed by atoms with Crippen LogP contribution in [0.5, 0.6) is 0 Å². The zero-order valence-corrected chi connectivity index (χ0v) is 12.5. The molecular weight excluding hydrogens is 264 g/mol. The summed E-state index contributed by atoms with van der Waals surface area (Å²) in [7, 11) is 0. The largest absolute Gasteiger partial charge is 0.0804 e. The van der Waals surface area contributed by atoms with E-state index in [-0.39, 0.29) is 0 Å². The van der Waals surface area contributed by atoms with Crippen molar-refractivity contribution in [3.8, 4) is 22.3 Å². The molecule has 22 heavy (non-hydrogen) atoms. The van der Waals surface area contributed by atoms with Gasteiger partial charge in [-0.3, -0.25) is 0 Å². The van der Waals surface area contributed by atoms with Crippen LogP contribution < -0.4 is 0 Å². The van der Waals surface area contributed by atoms with E-state index < -0.39 is 0 Å². The van der Waals surface area contributed by atoms with Gasteiger partial charge in [0.05, 0.1) is 0 Å². The highest BCUT2D eigenvalue weighted by molar-refractivity contribution is 5.86. The summed E-state index contributed by atoms with van der Waals surface area (Å²) in [6, 6.07) is 28.2. The van der Waals surface area contributed by atoms with E-state index >= 15 is 0 Å². The van der Waals surface area contributed by atoms with Gasteiger partial charge in [0.2, 0.25) is 0 Å². The van der Waals surface area contributed by atoms with Gasteiger partial charge < -0.3 is 0 Å². The molecule has 0 atom stereocenters. The van der Waals surface area contributed by atoms with Crippen LogP contribution in [0.4, 0.5) is 0 Å². The molecule has 0 saturated heterocycles. The first-order chi connectivity index (χ1) is 10.9. The van der Waals surface area contributed by atoms with Crippen LogP contribution in [0.2, 0.25) is 0 Å². The summed E-state index contributed by atoms with van der Waals surface area (Å²) < 4.78 is 0. The summed E-state index contributed by atoms with van der Waals surface area (Å²) in [6.07, 6.45) is 4.77. The van der Waals surface area contributed by atoms with Gasteiger partial charge in [-0.1, -0.05) is 78.9 Å². The Morgan fingerprint density at radius 1 is 0.545 bits per heavy atom. The minimum atomic E-state index is 1.21. The van der Waals surface area contributed by atoms with Crippen LogP contribution >= 0.6 is 0 Å². The highest BCUT2D eigenvalue weighted by Crippen LogP contribution is 2.37. The Morgan fingerprint density at radius 3 is 1.68 bits per heavy atom. The Morgan fingerprint density at radius 2 is 1.14 bits per heavy atom. The fraction of sp³-hybridized carbons (Fsp3) is 0.0909. The van der Waals surface area contributed by atoms with Gasteiger partial charge in [0, 0.05) is 0 Å². The molecule has 0 fully saturated rings. The van der Waals surface area contributed by atoms with Gasteiger partial charge in [0.15, 0.2) is 0 Å². The maximum absolute atomic E-state index is 2.35. The van der Waals surface area contributed by atoms with E-state index in [1.807, 2.05) is 0 Å². The molecule has 0 N–H and O–H groups in total. The number of hydrogen-bond donors (Lipinski definition) is 0. The summed E-state index contributed by atoms with van der Waals surface area (Å²) in [5.74, 6) is 0. The predicted octanol–water partition coefficient (Wildman–Crippen LogP) is 6.20. The standard InChI is InChI=1S/C22H18/c1-3-8-18(9-4-1)21-15-14-20(17-12-7-13-17)16-22(21)19-10-5-2-6-11-19/h1-6,8-12,14-16H,7,13H2. The zero-order valence-electron chi connectivity index (χ0n) is 12.5. The van der Waals surface area contributed by atoms with Crippen molar-refractivity contribution in [2.45, 2.75) is 12.8 Å². The third-order valence-electron chi connectivity index (χ3n) is 4.36. The monoisotopic (exact) mass is 282 g/mol. The van der Waals surface area contributed by atoms with Crippen LogP contribution in [0.1, 0.15) is 18.4 Å². The smallest absolute Gasteiger partial charge is 0.00994 e. The summed E-state index contributed by atoms with van der Waals surface area (Å²) >= 11 is 0. The quantitative estimate of drug-likeness (QED) is 0.536. The zero-order chi connectivity index (χ0) is 14.8. The van der Waals surface area contributed by atoms with Crippen molar-refractivity contribution >= 4 is 5.57 Å². The van der Waals surface area contributed by atoms with Crippen molar-refractivity contribution < 1.29 is 0 Å². The SMILES string of the molecule is C1=C(c2ccc(-c3ccccc3)c(-c3ccccc3)c2)CC1. The van der Waals surface area contributed by atoms with Crippen molar-refractivity contribution in [1.82, 2.24) is 0 Å². The molecule has 1 aliphatic rings. The average molecular weight is 282 g/mol. The lowest BCUT2D eigenvalue weighted by atomic mass is 9.87. The van der Waals surface area contributed by atoms with Crippen molar-refractivity contribution in [3.63, 3.8) is 0 Å². The molecule has 0 unspecified atom stereocenters. The Bertz CT molecular complexity index is 811. The van der Waals surface area contributed by atoms with Gasteiger partial charge in [-0.15, -0.1) is 0 Å². The third-order valence-corrected chi connectivity index (χ3v) is 4.36. The topological polar surface area (TPSA) is 0 Å². The van der Waals surface area contributed by atoms with Gasteiger partial charge in [0.1, 0.15) is 0 Å². The summed E-state index contributed by atoms with van der Waals surface area (Å²) in [5, 5.41) is 0. The fourth-order valence-corrected chi connectivity index (χ4v) is 3.02. The van der Waals surface area contributed by atoms with Crippen LogP contribution in [0.3, 0.4) is 0 Å². The molecule has 3 aromatic carbocycles. The first-order valence-corrected chi connectivity index (χ1v) is 7.86. The maximum atomic E-state index is 2.35. The van der Waals surface area contributed by atoms with Crippen LogP contribution in [-0.4, -0.2) is 0 Å². The highest BCUT2D eigenvalue weighted by Gasteiger charge is 2.13. The first kappa shape index (κ1) is 13.1. The normalized spacial score (nSPS) is 13.4. The average Bonchev–Trinajstić information content (AvgIpc) is 2.55. The molecule has 3 aromatic rings. The molecule has 0 bridgehead atoms. The van der Waals surface area contributed by atoms with Gasteiger partial charge in [-0.25, -0.2) is 0 Å². The van der Waals surface area contributed by atoms with Gasteiger partial charge >= 0.3 is 0 Å². The molecular formula is C22H18. The van der Waals surface area contributed by atoms with E-state index in [4.69, 9.17) is 0 Å². The van der Waals surface area contributed by atoms with Crippen molar-refractivity contribution in [2.24, 2.45) is 0 Å². The molecule has 0 spiro atoms. The molecule has 4 rings (SSSR count). The van der Waals surface area contributed by atoms with Gasteiger partial charge in [-0.05, 0) is 52.3 Å². The minimum absolute atomic E-state index is 1.21. The summed E-state index contributed by atoms with van der Waals surface area (Å²) in [6.45, 7) is 0. The van der Waals surface area contributed by atoms with Crippen molar-refractivity contribution in [3.05, 3.63) is 90.5 Å². The van der Waals surface area contributed by atoms with Crippen LogP contribution in [0, 0.1) is 0 Å². The Labute approximate surface area is 131 Å². The summed E-state index contributed by atoms with van der Waals surface area (Å²) in [5.41, 5.74) is 8.02. The number of benzene rings is 3. The van der Waals surface area contributed by atoms with Crippen LogP contribution in [0.15, 0.2) is 84.9 Å². The number of allylic oxidation sites excluding steroid dienone is 2. The van der Waals surface area contributed by atoms with E-state index in [1.54, 1.807) is 0 Å². The Balaban J connectivity index is 1.91. The number of rotatable bonds is 3. The molecule has 0 heterocycles. The van der Waals surface area contributed by atoms with E-state index in [2.05, 4.69) is 84.9 Å². The molecule has 0 radical (unpaired) electrons. The molecule has 0 aliphatic heterocycles.